The first kappa shape index (κ1) is 19.4. The quantitative estimate of drug-likeness (QED) is 0.816. The van der Waals surface area contributed by atoms with Crippen molar-refractivity contribution in [1.82, 2.24) is 20.3 Å². The van der Waals surface area contributed by atoms with E-state index in [2.05, 4.69) is 35.4 Å². The third kappa shape index (κ3) is 3.00. The summed E-state index contributed by atoms with van der Waals surface area (Å²) < 4.78 is 0. The Morgan fingerprint density at radius 3 is 2.77 bits per heavy atom. The molecule has 5 rings (SSSR count). The van der Waals surface area contributed by atoms with Gasteiger partial charge in [0.25, 0.3) is 0 Å². The molecular formula is C25H23N5O. The Bertz CT molecular complexity index is 1200. The molecule has 0 bridgehead atoms. The van der Waals surface area contributed by atoms with Crippen molar-refractivity contribution in [2.24, 2.45) is 11.8 Å². The van der Waals surface area contributed by atoms with Crippen LogP contribution in [0.4, 0.5) is 0 Å². The van der Waals surface area contributed by atoms with Gasteiger partial charge in [-0.15, -0.1) is 0 Å². The van der Waals surface area contributed by atoms with E-state index in [4.69, 9.17) is 9.97 Å². The minimum atomic E-state index is -0.502. The second-order valence-electron chi connectivity index (χ2n) is 8.62. The van der Waals surface area contributed by atoms with Crippen LogP contribution in [0.3, 0.4) is 0 Å². The molecule has 2 aromatic rings. The maximum atomic E-state index is 12.7. The van der Waals surface area contributed by atoms with Gasteiger partial charge < -0.3 is 5.32 Å². The van der Waals surface area contributed by atoms with Crippen LogP contribution in [0.25, 0.3) is 17.0 Å². The predicted molar refractivity (Wildman–Crippen MR) is 117 cm³/mol. The number of carbonyl (C=O) groups excluding carboxylic acids is 1. The van der Waals surface area contributed by atoms with E-state index in [-0.39, 0.29) is 23.2 Å². The lowest BCUT2D eigenvalue weighted by Gasteiger charge is -2.45. The van der Waals surface area contributed by atoms with Gasteiger partial charge in [-0.3, -0.25) is 9.78 Å². The Hall–Kier alpha value is -3.59. The van der Waals surface area contributed by atoms with Crippen molar-refractivity contribution < 1.29 is 4.79 Å². The van der Waals surface area contributed by atoms with E-state index >= 15 is 0 Å². The second-order valence-corrected chi connectivity index (χ2v) is 8.62. The summed E-state index contributed by atoms with van der Waals surface area (Å²) >= 11 is 0. The fraction of sp³-hybridized carbons (Fsp3) is 0.320. The van der Waals surface area contributed by atoms with Crippen LogP contribution in [0, 0.1) is 23.2 Å². The number of aromatic nitrogens is 3. The minimum absolute atomic E-state index is 0.0563. The van der Waals surface area contributed by atoms with Gasteiger partial charge in [-0.1, -0.05) is 32.1 Å². The topological polar surface area (TPSA) is 91.6 Å². The van der Waals surface area contributed by atoms with Crippen molar-refractivity contribution in [2.45, 2.75) is 32.1 Å². The van der Waals surface area contributed by atoms with Crippen LogP contribution in [-0.4, -0.2) is 27.3 Å². The first-order chi connectivity index (χ1) is 15.0. The molecule has 3 atom stereocenters. The van der Waals surface area contributed by atoms with Crippen molar-refractivity contribution in [3.05, 3.63) is 71.5 Å². The predicted octanol–water partition coefficient (Wildman–Crippen LogP) is 3.53. The van der Waals surface area contributed by atoms with Gasteiger partial charge in [0, 0.05) is 53.2 Å². The van der Waals surface area contributed by atoms with Crippen LogP contribution in [0.2, 0.25) is 0 Å². The number of Topliss-reactive ketones (excluding diaryl/α,β-unsaturated/α-hetero) is 1. The summed E-state index contributed by atoms with van der Waals surface area (Å²) in [5, 5.41) is 12.9. The van der Waals surface area contributed by atoms with Crippen LogP contribution >= 0.6 is 0 Å². The molecule has 6 nitrogen and oxygen atoms in total. The zero-order valence-electron chi connectivity index (χ0n) is 17.6. The Morgan fingerprint density at radius 2 is 2.06 bits per heavy atom. The van der Waals surface area contributed by atoms with Crippen molar-refractivity contribution >= 4 is 11.4 Å². The molecule has 0 saturated carbocycles. The number of fused-ring (bicyclic) bond motifs is 3. The number of nitrogens with one attached hydrogen (secondary N) is 1. The Balaban J connectivity index is 1.79. The summed E-state index contributed by atoms with van der Waals surface area (Å²) in [4.78, 5) is 26.8. The van der Waals surface area contributed by atoms with Crippen molar-refractivity contribution in [3.63, 3.8) is 0 Å². The van der Waals surface area contributed by atoms with Crippen LogP contribution in [-0.2, 0) is 16.6 Å². The van der Waals surface area contributed by atoms with E-state index in [0.29, 0.717) is 5.82 Å². The highest BCUT2D eigenvalue weighted by molar-refractivity contribution is 6.02. The maximum absolute atomic E-state index is 12.7. The fourth-order valence-corrected chi connectivity index (χ4v) is 5.26. The lowest BCUT2D eigenvalue weighted by molar-refractivity contribution is -0.121. The van der Waals surface area contributed by atoms with Gasteiger partial charge in [-0.25, -0.2) is 9.97 Å². The number of allylic oxidation sites excluding steroid dienone is 4. The SMILES string of the molecule is C[C@H]1C(=O)C(C#N)=C[C@@]2(C)c3nc(-c4ccncc4)nc(C4=CNCC=C4)c3CC[C@H]12. The molecule has 0 aromatic carbocycles. The molecule has 0 radical (unpaired) electrons. The highest BCUT2D eigenvalue weighted by Crippen LogP contribution is 2.50. The molecule has 154 valence electrons. The standard InChI is InChI=1S/C25H23N5O/c1-15-20-6-5-19-21(17-4-3-9-28-14-17)29-24(16-7-10-27-11-8-16)30-23(19)25(20,2)12-18(13-26)22(15)31/h3-4,7-8,10-12,14-15,20,28H,5-6,9H2,1-2H3/t15-,20-,25-/m1/s1. The van der Waals surface area contributed by atoms with E-state index in [9.17, 15) is 10.1 Å². The van der Waals surface area contributed by atoms with E-state index in [1.165, 1.54) is 0 Å². The molecular weight excluding hydrogens is 386 g/mol. The summed E-state index contributed by atoms with van der Waals surface area (Å²) in [6, 6.07) is 5.93. The van der Waals surface area contributed by atoms with E-state index in [1.54, 1.807) is 12.4 Å². The summed E-state index contributed by atoms with van der Waals surface area (Å²) in [6.07, 6.45) is 13.2. The summed E-state index contributed by atoms with van der Waals surface area (Å²) in [5.74, 6) is 0.469. The monoisotopic (exact) mass is 409 g/mol. The fourth-order valence-electron chi connectivity index (χ4n) is 5.26. The van der Waals surface area contributed by atoms with E-state index < -0.39 is 5.41 Å². The molecule has 0 fully saturated rings. The summed E-state index contributed by atoms with van der Waals surface area (Å²) in [6.45, 7) is 4.86. The van der Waals surface area contributed by atoms with Crippen LogP contribution in [0.1, 0.15) is 37.2 Å². The van der Waals surface area contributed by atoms with Gasteiger partial charge >= 0.3 is 0 Å². The lowest BCUT2D eigenvalue weighted by Crippen LogP contribution is -2.46. The number of ketones is 1. The van der Waals surface area contributed by atoms with Gasteiger partial charge in [0.1, 0.15) is 6.07 Å². The summed E-state index contributed by atoms with van der Waals surface area (Å²) in [5.41, 5.74) is 4.59. The lowest BCUT2D eigenvalue weighted by atomic mass is 9.57. The molecule has 1 aliphatic heterocycles. The van der Waals surface area contributed by atoms with Crippen LogP contribution < -0.4 is 5.32 Å². The minimum Gasteiger partial charge on any atom is -0.387 e. The molecule has 0 amide bonds. The second kappa shape index (κ2) is 7.28. The first-order valence-electron chi connectivity index (χ1n) is 10.6. The number of pyridine rings is 1. The first-order valence-corrected chi connectivity index (χ1v) is 10.6. The third-order valence-corrected chi connectivity index (χ3v) is 6.84. The number of hydrogen-bond donors (Lipinski definition) is 1. The zero-order chi connectivity index (χ0) is 21.6. The number of hydrogen-bond acceptors (Lipinski definition) is 6. The average molecular weight is 409 g/mol. The van der Waals surface area contributed by atoms with Crippen molar-refractivity contribution in [1.29, 1.82) is 5.26 Å². The van der Waals surface area contributed by atoms with Crippen LogP contribution in [0.5, 0.6) is 0 Å². The molecule has 0 unspecified atom stereocenters. The number of carbonyl (C=O) groups is 1. The average Bonchev–Trinajstić information content (AvgIpc) is 2.82. The number of rotatable bonds is 2. The summed E-state index contributed by atoms with van der Waals surface area (Å²) in [7, 11) is 0. The largest absolute Gasteiger partial charge is 0.387 e. The number of dihydropyridines is 1. The molecule has 2 aliphatic carbocycles. The van der Waals surface area contributed by atoms with Gasteiger partial charge in [0.05, 0.1) is 17.0 Å². The molecule has 0 spiro atoms. The number of nitrogens with zero attached hydrogens (tertiary/aromatic N) is 4. The Labute approximate surface area is 181 Å². The Morgan fingerprint density at radius 1 is 1.26 bits per heavy atom. The van der Waals surface area contributed by atoms with E-state index in [0.717, 1.165) is 47.5 Å². The molecule has 1 N–H and O–H groups in total. The molecule has 6 heteroatoms. The molecule has 3 heterocycles. The number of nitriles is 1. The molecule has 3 aliphatic rings. The maximum Gasteiger partial charge on any atom is 0.176 e. The van der Waals surface area contributed by atoms with Crippen LogP contribution in [0.15, 0.2) is 54.5 Å². The van der Waals surface area contributed by atoms with Crippen molar-refractivity contribution in [3.8, 4) is 17.5 Å². The highest BCUT2D eigenvalue weighted by Gasteiger charge is 2.49. The molecule has 31 heavy (non-hydrogen) atoms. The normalized spacial score (nSPS) is 26.7. The van der Waals surface area contributed by atoms with E-state index in [1.807, 2.05) is 31.3 Å². The van der Waals surface area contributed by atoms with Gasteiger partial charge in [0.15, 0.2) is 11.6 Å². The zero-order valence-corrected chi connectivity index (χ0v) is 17.6. The van der Waals surface area contributed by atoms with Gasteiger partial charge in [0.2, 0.25) is 0 Å². The Kier molecular flexibility index (Phi) is 4.55. The van der Waals surface area contributed by atoms with Gasteiger partial charge in [-0.05, 0) is 30.9 Å². The highest BCUT2D eigenvalue weighted by atomic mass is 16.1. The molecule has 2 aromatic heterocycles. The molecule has 0 saturated heterocycles. The third-order valence-electron chi connectivity index (χ3n) is 6.84. The van der Waals surface area contributed by atoms with Gasteiger partial charge in [-0.2, -0.15) is 5.26 Å². The van der Waals surface area contributed by atoms with Crippen molar-refractivity contribution in [2.75, 3.05) is 6.54 Å². The smallest absolute Gasteiger partial charge is 0.176 e.